The lowest BCUT2D eigenvalue weighted by Crippen LogP contribution is -2.28. The summed E-state index contributed by atoms with van der Waals surface area (Å²) in [5, 5.41) is 2.33. The molecule has 1 amide bonds. The molecule has 0 bridgehead atoms. The van der Waals surface area contributed by atoms with Gasteiger partial charge in [0.15, 0.2) is 0 Å². The number of nitrogens with one attached hydrogen (secondary N) is 1. The lowest BCUT2D eigenvalue weighted by atomic mass is 10.2. The normalized spacial score (nSPS) is 11.7. The summed E-state index contributed by atoms with van der Waals surface area (Å²) < 4.78 is 28.0. The first kappa shape index (κ1) is 18.5. The molecule has 0 aliphatic rings. The summed E-state index contributed by atoms with van der Waals surface area (Å²) in [6.07, 6.45) is 0.0460. The van der Waals surface area contributed by atoms with Gasteiger partial charge in [-0.15, -0.1) is 0 Å². The van der Waals surface area contributed by atoms with Gasteiger partial charge in [0.05, 0.1) is 23.3 Å². The van der Waals surface area contributed by atoms with Crippen LogP contribution in [0.4, 0.5) is 0 Å². The van der Waals surface area contributed by atoms with Gasteiger partial charge in [-0.2, -0.15) is 0 Å². The third-order valence-corrected chi connectivity index (χ3v) is 4.43. The van der Waals surface area contributed by atoms with Gasteiger partial charge in [0, 0.05) is 22.2 Å². The summed E-state index contributed by atoms with van der Waals surface area (Å²) in [4.78, 5) is 11.6. The number of amides is 1. The molecule has 1 aromatic rings. The van der Waals surface area contributed by atoms with Gasteiger partial charge in [-0.3, -0.25) is 4.79 Å². The maximum atomic E-state index is 12.0. The van der Waals surface area contributed by atoms with Gasteiger partial charge in [-0.25, -0.2) is 8.42 Å². The van der Waals surface area contributed by atoms with E-state index in [9.17, 15) is 13.2 Å². The molecule has 0 fully saturated rings. The summed E-state index contributed by atoms with van der Waals surface area (Å²) in [6.45, 7) is 4.31. The lowest BCUT2D eigenvalue weighted by Gasteiger charge is -2.11. The molecule has 0 aliphatic heterocycles. The summed E-state index contributed by atoms with van der Waals surface area (Å²) in [5.41, 5.74) is -0.0621. The van der Waals surface area contributed by atoms with Crippen LogP contribution in [0.1, 0.15) is 24.2 Å². The summed E-state index contributed by atoms with van der Waals surface area (Å²) in [5.74, 6) is -0.559. The Morgan fingerprint density at radius 3 is 2.48 bits per heavy atom. The third kappa shape index (κ3) is 5.64. The molecular weight excluding hydrogens is 361 g/mol. The second-order valence-corrected chi connectivity index (χ2v) is 7.73. The van der Waals surface area contributed by atoms with Crippen molar-refractivity contribution in [3.8, 4) is 0 Å². The van der Waals surface area contributed by atoms with Crippen LogP contribution in [0.25, 0.3) is 0 Å². The van der Waals surface area contributed by atoms with E-state index in [2.05, 4.69) is 5.32 Å². The molecule has 0 saturated heterocycles. The number of carbonyl (C=O) groups excluding carboxylic acids is 1. The van der Waals surface area contributed by atoms with Gasteiger partial charge in [-0.05, 0) is 26.0 Å². The Kier molecular flexibility index (Phi) is 6.74. The molecule has 9 heteroatoms. The van der Waals surface area contributed by atoms with Crippen LogP contribution in [0.5, 0.6) is 0 Å². The van der Waals surface area contributed by atoms with Crippen molar-refractivity contribution in [3.05, 3.63) is 27.7 Å². The molecule has 0 aliphatic carbocycles. The van der Waals surface area contributed by atoms with Crippen LogP contribution < -0.4 is 5.32 Å². The number of benzene rings is 1. The molecule has 0 heterocycles. The van der Waals surface area contributed by atoms with Crippen LogP contribution in [0.3, 0.4) is 0 Å². The van der Waals surface area contributed by atoms with Crippen LogP contribution >= 0.6 is 33.9 Å². The highest BCUT2D eigenvalue weighted by molar-refractivity contribution is 8.13. The van der Waals surface area contributed by atoms with E-state index in [4.69, 9.17) is 38.6 Å². The van der Waals surface area contributed by atoms with Crippen molar-refractivity contribution in [3.63, 3.8) is 0 Å². The second-order valence-electron chi connectivity index (χ2n) is 4.38. The van der Waals surface area contributed by atoms with Gasteiger partial charge >= 0.3 is 0 Å². The third-order valence-electron chi connectivity index (χ3n) is 2.35. The number of halogens is 3. The van der Waals surface area contributed by atoms with Gasteiger partial charge in [-0.1, -0.05) is 23.2 Å². The number of hydrogen-bond donors (Lipinski definition) is 1. The molecule has 0 unspecified atom stereocenters. The zero-order chi connectivity index (χ0) is 16.2. The van der Waals surface area contributed by atoms with Gasteiger partial charge < -0.3 is 10.1 Å². The van der Waals surface area contributed by atoms with Gasteiger partial charge in [0.1, 0.15) is 4.90 Å². The van der Waals surface area contributed by atoms with E-state index in [0.717, 1.165) is 6.07 Å². The molecule has 0 aromatic heterocycles. The van der Waals surface area contributed by atoms with Crippen LogP contribution in [0.15, 0.2) is 17.0 Å². The summed E-state index contributed by atoms with van der Waals surface area (Å²) in [7, 11) is 1.15. The molecular formula is C12H14Cl3NO4S. The number of rotatable bonds is 6. The minimum atomic E-state index is -4.10. The first-order valence-corrected chi connectivity index (χ1v) is 9.03. The molecule has 0 radical (unpaired) electrons. The van der Waals surface area contributed by atoms with Crippen molar-refractivity contribution >= 4 is 48.8 Å². The van der Waals surface area contributed by atoms with Crippen LogP contribution in [-0.4, -0.2) is 33.6 Å². The largest absolute Gasteiger partial charge is 0.377 e. The van der Waals surface area contributed by atoms with Crippen molar-refractivity contribution in [2.45, 2.75) is 24.8 Å². The number of ether oxygens (including phenoxy) is 1. The van der Waals surface area contributed by atoms with Crippen LogP contribution in [0, 0.1) is 0 Å². The van der Waals surface area contributed by atoms with E-state index in [1.165, 1.54) is 6.07 Å². The van der Waals surface area contributed by atoms with E-state index in [0.29, 0.717) is 6.61 Å². The van der Waals surface area contributed by atoms with Crippen LogP contribution in [-0.2, 0) is 13.8 Å². The highest BCUT2D eigenvalue weighted by Crippen LogP contribution is 2.31. The standard InChI is InChI=1S/C12H14Cl3NO4S/c1-7(2)20-4-3-16-12(17)9-5-8(13)6-10(11(9)14)21(15,18)19/h5-7H,3-4H2,1-2H3,(H,16,17). The Labute approximate surface area is 137 Å². The van der Waals surface area contributed by atoms with E-state index in [1.807, 2.05) is 13.8 Å². The van der Waals surface area contributed by atoms with Crippen LogP contribution in [0.2, 0.25) is 10.0 Å². The molecule has 0 atom stereocenters. The van der Waals surface area contributed by atoms with Crippen molar-refractivity contribution in [2.75, 3.05) is 13.2 Å². The average molecular weight is 375 g/mol. The Bertz CT molecular complexity index is 632. The molecule has 1 aromatic carbocycles. The van der Waals surface area contributed by atoms with E-state index in [-0.39, 0.29) is 28.3 Å². The van der Waals surface area contributed by atoms with Gasteiger partial charge in [0.2, 0.25) is 0 Å². The maximum absolute atomic E-state index is 12.0. The highest BCUT2D eigenvalue weighted by atomic mass is 35.7. The fraction of sp³-hybridized carbons (Fsp3) is 0.417. The first-order valence-electron chi connectivity index (χ1n) is 5.96. The molecule has 118 valence electrons. The zero-order valence-corrected chi connectivity index (χ0v) is 14.4. The number of carbonyl (C=O) groups is 1. The van der Waals surface area contributed by atoms with E-state index >= 15 is 0 Å². The SMILES string of the molecule is CC(C)OCCNC(=O)c1cc(Cl)cc(S(=O)(=O)Cl)c1Cl. The Morgan fingerprint density at radius 1 is 1.33 bits per heavy atom. The molecule has 0 saturated carbocycles. The summed E-state index contributed by atoms with van der Waals surface area (Å²) in [6, 6.07) is 2.36. The van der Waals surface area contributed by atoms with Crippen molar-refractivity contribution in [2.24, 2.45) is 0 Å². The Balaban J connectivity index is 2.93. The monoisotopic (exact) mass is 373 g/mol. The minimum Gasteiger partial charge on any atom is -0.377 e. The molecule has 5 nitrogen and oxygen atoms in total. The Morgan fingerprint density at radius 2 is 1.95 bits per heavy atom. The topological polar surface area (TPSA) is 72.5 Å². The molecule has 21 heavy (non-hydrogen) atoms. The molecule has 1 N–H and O–H groups in total. The zero-order valence-electron chi connectivity index (χ0n) is 11.3. The fourth-order valence-corrected chi connectivity index (χ4v) is 3.32. The minimum absolute atomic E-state index is 0.0437. The predicted octanol–water partition coefficient (Wildman–Crippen LogP) is 3.08. The maximum Gasteiger partial charge on any atom is 0.262 e. The van der Waals surface area contributed by atoms with E-state index in [1.54, 1.807) is 0 Å². The first-order chi connectivity index (χ1) is 9.62. The predicted molar refractivity (Wildman–Crippen MR) is 82.9 cm³/mol. The summed E-state index contributed by atoms with van der Waals surface area (Å²) >= 11 is 11.7. The number of hydrogen-bond acceptors (Lipinski definition) is 4. The average Bonchev–Trinajstić information content (AvgIpc) is 2.35. The lowest BCUT2D eigenvalue weighted by molar-refractivity contribution is 0.0746. The quantitative estimate of drug-likeness (QED) is 0.613. The van der Waals surface area contributed by atoms with Crippen molar-refractivity contribution < 1.29 is 17.9 Å². The second kappa shape index (κ2) is 7.65. The van der Waals surface area contributed by atoms with Gasteiger partial charge in [0.25, 0.3) is 15.0 Å². The van der Waals surface area contributed by atoms with Crippen molar-refractivity contribution in [1.82, 2.24) is 5.32 Å². The van der Waals surface area contributed by atoms with E-state index < -0.39 is 19.9 Å². The molecule has 0 spiro atoms. The smallest absolute Gasteiger partial charge is 0.262 e. The fourth-order valence-electron chi connectivity index (χ4n) is 1.46. The molecule has 1 rings (SSSR count). The highest BCUT2D eigenvalue weighted by Gasteiger charge is 2.22. The van der Waals surface area contributed by atoms with Crippen molar-refractivity contribution in [1.29, 1.82) is 0 Å². The Hall–Kier alpha value is -0.530.